The summed E-state index contributed by atoms with van der Waals surface area (Å²) in [6, 6.07) is 17.9. The fourth-order valence-corrected chi connectivity index (χ4v) is 6.20. The molecule has 1 heterocycles. The standard InChI is InChI=1S/C35H38N2O7/c1-35(2)18-24-30(25(38)19-35)29(21-15-27(42-5)33(44-7)28(16-21)43-6)31(32(39)20-11-9-8-10-12-20)34(36)37(24)23-17-22(40-3)13-14-26(23)41-4/h8-17,29,36,39H,18-19H2,1-7H3/t29-/m1/s1. The van der Waals surface area contributed by atoms with Crippen LogP contribution in [0.3, 0.4) is 0 Å². The highest BCUT2D eigenvalue weighted by molar-refractivity contribution is 6.20. The molecule has 2 aliphatic rings. The van der Waals surface area contributed by atoms with E-state index >= 15 is 0 Å². The highest BCUT2D eigenvalue weighted by Gasteiger charge is 2.47. The van der Waals surface area contributed by atoms with Gasteiger partial charge in [0.25, 0.3) is 0 Å². The van der Waals surface area contributed by atoms with Crippen LogP contribution in [0.5, 0.6) is 28.7 Å². The van der Waals surface area contributed by atoms with Gasteiger partial charge in [0.2, 0.25) is 5.75 Å². The van der Waals surface area contributed by atoms with Crippen molar-refractivity contribution in [3.8, 4) is 28.7 Å². The van der Waals surface area contributed by atoms with E-state index in [-0.39, 0.29) is 28.4 Å². The van der Waals surface area contributed by atoms with Gasteiger partial charge < -0.3 is 28.8 Å². The van der Waals surface area contributed by atoms with Gasteiger partial charge in [-0.05, 0) is 41.7 Å². The highest BCUT2D eigenvalue weighted by atomic mass is 16.5. The molecule has 5 rings (SSSR count). The van der Waals surface area contributed by atoms with E-state index in [0.717, 1.165) is 0 Å². The molecule has 3 aromatic carbocycles. The van der Waals surface area contributed by atoms with Crippen LogP contribution in [-0.2, 0) is 4.79 Å². The first-order valence-electron chi connectivity index (χ1n) is 14.2. The number of ketones is 1. The molecule has 230 valence electrons. The monoisotopic (exact) mass is 598 g/mol. The molecule has 0 fully saturated rings. The summed E-state index contributed by atoms with van der Waals surface area (Å²) in [5, 5.41) is 21.8. The minimum Gasteiger partial charge on any atom is -0.507 e. The summed E-state index contributed by atoms with van der Waals surface area (Å²) in [5.41, 5.74) is 2.65. The lowest BCUT2D eigenvalue weighted by molar-refractivity contribution is -0.118. The van der Waals surface area contributed by atoms with Crippen LogP contribution in [0.25, 0.3) is 5.76 Å². The minimum absolute atomic E-state index is 0.000841. The van der Waals surface area contributed by atoms with Crippen LogP contribution >= 0.6 is 0 Å². The first-order chi connectivity index (χ1) is 21.1. The Morgan fingerprint density at radius 1 is 0.841 bits per heavy atom. The molecule has 0 amide bonds. The zero-order valence-electron chi connectivity index (χ0n) is 26.1. The van der Waals surface area contributed by atoms with Crippen molar-refractivity contribution in [1.82, 2.24) is 0 Å². The lowest BCUT2D eigenvalue weighted by atomic mass is 9.67. The summed E-state index contributed by atoms with van der Waals surface area (Å²) in [6.45, 7) is 4.08. The summed E-state index contributed by atoms with van der Waals surface area (Å²) >= 11 is 0. The average Bonchev–Trinajstić information content (AvgIpc) is 3.02. The Morgan fingerprint density at radius 3 is 2.05 bits per heavy atom. The SMILES string of the molecule is COc1ccc(OC)c(N2C(=N)C(=C(O)c3ccccc3)[C@H](c3cc(OC)c(OC)c(OC)c3)C3=C2CC(C)(C)CC3=O)c1. The zero-order valence-corrected chi connectivity index (χ0v) is 26.1. The predicted octanol–water partition coefficient (Wildman–Crippen LogP) is 6.92. The fraction of sp³-hybridized carbons (Fsp3) is 0.314. The fourth-order valence-electron chi connectivity index (χ4n) is 6.20. The molecule has 3 aromatic rings. The van der Waals surface area contributed by atoms with Crippen LogP contribution < -0.4 is 28.6 Å². The Morgan fingerprint density at radius 2 is 1.48 bits per heavy atom. The molecule has 9 nitrogen and oxygen atoms in total. The third-order valence-corrected chi connectivity index (χ3v) is 8.17. The number of nitrogens with zero attached hydrogens (tertiary/aromatic N) is 1. The molecule has 0 radical (unpaired) electrons. The Bertz CT molecular complexity index is 1650. The normalized spacial score (nSPS) is 18.9. The number of aliphatic hydroxyl groups is 1. The zero-order chi connectivity index (χ0) is 31.8. The number of Topliss-reactive ketones (excluding diaryl/α,β-unsaturated/α-hetero) is 1. The number of allylic oxidation sites excluding steroid dienone is 2. The third-order valence-electron chi connectivity index (χ3n) is 8.17. The molecule has 9 heteroatoms. The van der Waals surface area contributed by atoms with Crippen LogP contribution in [0.4, 0.5) is 5.69 Å². The van der Waals surface area contributed by atoms with Gasteiger partial charge in [0.15, 0.2) is 17.3 Å². The molecule has 44 heavy (non-hydrogen) atoms. The number of benzene rings is 3. The molecule has 1 aliphatic heterocycles. The number of ether oxygens (including phenoxy) is 5. The molecule has 0 saturated carbocycles. The molecule has 2 N–H and O–H groups in total. The van der Waals surface area contributed by atoms with E-state index in [1.54, 1.807) is 61.6 Å². The third kappa shape index (κ3) is 5.23. The lowest BCUT2D eigenvalue weighted by Crippen LogP contribution is -2.45. The topological polar surface area (TPSA) is 111 Å². The molecule has 0 spiro atoms. The smallest absolute Gasteiger partial charge is 0.203 e. The van der Waals surface area contributed by atoms with Crippen molar-refractivity contribution in [2.45, 2.75) is 32.6 Å². The van der Waals surface area contributed by atoms with Gasteiger partial charge >= 0.3 is 0 Å². The molecule has 0 aromatic heterocycles. The number of rotatable bonds is 8. The Balaban J connectivity index is 1.92. The van der Waals surface area contributed by atoms with E-state index in [1.165, 1.54) is 21.3 Å². The number of carbonyl (C=O) groups is 1. The van der Waals surface area contributed by atoms with Crippen molar-refractivity contribution >= 4 is 23.1 Å². The largest absolute Gasteiger partial charge is 0.507 e. The van der Waals surface area contributed by atoms with E-state index < -0.39 is 5.92 Å². The quantitative estimate of drug-likeness (QED) is 0.269. The Labute approximate surface area is 257 Å². The van der Waals surface area contributed by atoms with Gasteiger partial charge in [-0.2, -0.15) is 0 Å². The first kappa shape index (κ1) is 30.5. The summed E-state index contributed by atoms with van der Waals surface area (Å²) in [7, 11) is 7.70. The summed E-state index contributed by atoms with van der Waals surface area (Å²) < 4.78 is 28.2. The van der Waals surface area contributed by atoms with Gasteiger partial charge in [0, 0.05) is 40.8 Å². The van der Waals surface area contributed by atoms with E-state index in [2.05, 4.69) is 0 Å². The number of hydrogen-bond donors (Lipinski definition) is 2. The Kier molecular flexibility index (Phi) is 8.32. The molecule has 0 saturated heterocycles. The highest BCUT2D eigenvalue weighted by Crippen LogP contribution is 2.54. The van der Waals surface area contributed by atoms with E-state index in [4.69, 9.17) is 23.7 Å². The van der Waals surface area contributed by atoms with Crippen molar-refractivity contribution in [1.29, 1.82) is 5.41 Å². The maximum absolute atomic E-state index is 14.3. The van der Waals surface area contributed by atoms with Gasteiger partial charge in [-0.1, -0.05) is 44.2 Å². The van der Waals surface area contributed by atoms with E-state index in [0.29, 0.717) is 69.7 Å². The van der Waals surface area contributed by atoms with Crippen molar-refractivity contribution < 1.29 is 33.6 Å². The van der Waals surface area contributed by atoms with E-state index in [1.807, 2.05) is 32.0 Å². The van der Waals surface area contributed by atoms with Gasteiger partial charge in [0.1, 0.15) is 23.1 Å². The molecule has 1 aliphatic carbocycles. The van der Waals surface area contributed by atoms with Crippen LogP contribution in [0, 0.1) is 10.8 Å². The minimum atomic E-state index is -0.817. The average molecular weight is 599 g/mol. The second-order valence-corrected chi connectivity index (χ2v) is 11.5. The Hall–Kier alpha value is -4.92. The number of nitrogens with one attached hydrogen (secondary N) is 1. The van der Waals surface area contributed by atoms with Crippen LogP contribution in [-0.4, -0.2) is 52.3 Å². The van der Waals surface area contributed by atoms with Crippen molar-refractivity contribution in [3.63, 3.8) is 0 Å². The van der Waals surface area contributed by atoms with Crippen molar-refractivity contribution in [3.05, 3.63) is 88.6 Å². The lowest BCUT2D eigenvalue weighted by Gasteiger charge is -2.45. The van der Waals surface area contributed by atoms with Crippen LogP contribution in [0.15, 0.2) is 77.5 Å². The van der Waals surface area contributed by atoms with Gasteiger partial charge in [-0.15, -0.1) is 0 Å². The number of hydrogen-bond acceptors (Lipinski definition) is 8. The number of amidine groups is 1. The molecule has 0 bridgehead atoms. The van der Waals surface area contributed by atoms with Gasteiger partial charge in [-0.25, -0.2) is 0 Å². The van der Waals surface area contributed by atoms with E-state index in [9.17, 15) is 15.3 Å². The maximum Gasteiger partial charge on any atom is 0.203 e. The van der Waals surface area contributed by atoms with Gasteiger partial charge in [-0.3, -0.25) is 15.1 Å². The second kappa shape index (κ2) is 12.0. The predicted molar refractivity (Wildman–Crippen MR) is 170 cm³/mol. The molecular weight excluding hydrogens is 560 g/mol. The summed E-state index contributed by atoms with van der Waals surface area (Å²) in [4.78, 5) is 16.0. The maximum atomic E-state index is 14.3. The van der Waals surface area contributed by atoms with Crippen molar-refractivity contribution in [2.75, 3.05) is 40.4 Å². The second-order valence-electron chi connectivity index (χ2n) is 11.5. The number of anilines is 1. The van der Waals surface area contributed by atoms with Crippen LogP contribution in [0.1, 0.15) is 43.7 Å². The number of methoxy groups -OCH3 is 5. The molecule has 0 unspecified atom stereocenters. The number of aliphatic hydroxyl groups excluding tert-OH is 1. The first-order valence-corrected chi connectivity index (χ1v) is 14.2. The van der Waals surface area contributed by atoms with Gasteiger partial charge in [0.05, 0.1) is 41.2 Å². The van der Waals surface area contributed by atoms with Crippen LogP contribution in [0.2, 0.25) is 0 Å². The summed E-state index contributed by atoms with van der Waals surface area (Å²) in [5.74, 6) is 1.23. The molecule has 1 atom stereocenters. The number of carbonyl (C=O) groups excluding carboxylic acids is 1. The van der Waals surface area contributed by atoms with Crippen molar-refractivity contribution in [2.24, 2.45) is 5.41 Å². The summed E-state index contributed by atoms with van der Waals surface area (Å²) in [6.07, 6.45) is 0.791. The molecular formula is C35H38N2O7.